The van der Waals surface area contributed by atoms with Crippen LogP contribution < -0.4 is 14.8 Å². The number of benzene rings is 1. The van der Waals surface area contributed by atoms with Crippen LogP contribution in [0.4, 0.5) is 5.82 Å². The van der Waals surface area contributed by atoms with E-state index in [1.54, 1.807) is 6.20 Å². The van der Waals surface area contributed by atoms with E-state index in [1.807, 2.05) is 18.2 Å². The van der Waals surface area contributed by atoms with E-state index in [-0.39, 0.29) is 6.10 Å². The number of ether oxygens (including phenoxy) is 3. The van der Waals surface area contributed by atoms with Crippen LogP contribution in [-0.4, -0.2) is 60.7 Å². The molecule has 25 heavy (non-hydrogen) atoms. The maximum Gasteiger partial charge on any atom is 0.161 e. The molecular formula is C18H22N4O3. The summed E-state index contributed by atoms with van der Waals surface area (Å²) in [6.07, 6.45) is 1.80. The number of rotatable bonds is 5. The second-order valence-corrected chi connectivity index (χ2v) is 6.20. The molecule has 0 bridgehead atoms. The number of morpholine rings is 1. The smallest absolute Gasteiger partial charge is 0.161 e. The van der Waals surface area contributed by atoms with Crippen molar-refractivity contribution in [3.8, 4) is 11.5 Å². The Morgan fingerprint density at radius 1 is 1.12 bits per heavy atom. The van der Waals surface area contributed by atoms with Crippen LogP contribution in [0.5, 0.6) is 11.5 Å². The van der Waals surface area contributed by atoms with Gasteiger partial charge in [0.2, 0.25) is 0 Å². The van der Waals surface area contributed by atoms with E-state index in [2.05, 4.69) is 32.5 Å². The average molecular weight is 342 g/mol. The van der Waals surface area contributed by atoms with Gasteiger partial charge < -0.3 is 19.5 Å². The first-order chi connectivity index (χ1) is 12.4. The minimum absolute atomic E-state index is 0.132. The second kappa shape index (κ2) is 7.67. The number of nitrogens with zero attached hydrogens (tertiary/aromatic N) is 3. The van der Waals surface area contributed by atoms with Crippen LogP contribution in [0.3, 0.4) is 0 Å². The zero-order chi connectivity index (χ0) is 16.9. The van der Waals surface area contributed by atoms with Crippen molar-refractivity contribution in [1.29, 1.82) is 0 Å². The van der Waals surface area contributed by atoms with Crippen molar-refractivity contribution < 1.29 is 14.2 Å². The van der Waals surface area contributed by atoms with Gasteiger partial charge in [-0.15, -0.1) is 5.10 Å². The van der Waals surface area contributed by atoms with Gasteiger partial charge in [-0.25, -0.2) is 0 Å². The van der Waals surface area contributed by atoms with E-state index < -0.39 is 0 Å². The monoisotopic (exact) mass is 342 g/mol. The van der Waals surface area contributed by atoms with E-state index in [0.29, 0.717) is 13.2 Å². The van der Waals surface area contributed by atoms with Crippen LogP contribution in [0.15, 0.2) is 36.5 Å². The Morgan fingerprint density at radius 2 is 2.04 bits per heavy atom. The molecular weight excluding hydrogens is 320 g/mol. The first-order valence-electron chi connectivity index (χ1n) is 8.61. The Labute approximate surface area is 146 Å². The zero-order valence-corrected chi connectivity index (χ0v) is 14.1. The van der Waals surface area contributed by atoms with Gasteiger partial charge in [0.15, 0.2) is 11.5 Å². The Morgan fingerprint density at radius 3 is 2.92 bits per heavy atom. The molecule has 0 radical (unpaired) electrons. The molecule has 0 amide bonds. The quantitative estimate of drug-likeness (QED) is 0.884. The predicted octanol–water partition coefficient (Wildman–Crippen LogP) is 1.56. The summed E-state index contributed by atoms with van der Waals surface area (Å²) in [5.74, 6) is 2.45. The molecule has 7 heteroatoms. The Hall–Kier alpha value is -2.38. The van der Waals surface area contributed by atoms with E-state index >= 15 is 0 Å². The minimum atomic E-state index is 0.132. The highest BCUT2D eigenvalue weighted by atomic mass is 16.6. The van der Waals surface area contributed by atoms with Crippen molar-refractivity contribution >= 4 is 5.82 Å². The van der Waals surface area contributed by atoms with Crippen LogP contribution in [0.1, 0.15) is 5.56 Å². The molecule has 7 nitrogen and oxygen atoms in total. The molecule has 132 valence electrons. The highest BCUT2D eigenvalue weighted by molar-refractivity contribution is 5.43. The van der Waals surface area contributed by atoms with Crippen LogP contribution in [-0.2, 0) is 11.3 Å². The molecule has 2 aliphatic rings. The SMILES string of the molecule is c1cnnc(NCC2CN(Cc3ccc4c(c3)OCCO4)CCO2)c1. The molecule has 0 spiro atoms. The predicted molar refractivity (Wildman–Crippen MR) is 93.0 cm³/mol. The lowest BCUT2D eigenvalue weighted by atomic mass is 10.1. The summed E-state index contributed by atoms with van der Waals surface area (Å²) in [4.78, 5) is 2.40. The highest BCUT2D eigenvalue weighted by Gasteiger charge is 2.21. The van der Waals surface area contributed by atoms with Gasteiger partial charge in [0.25, 0.3) is 0 Å². The number of hydrogen-bond acceptors (Lipinski definition) is 7. The van der Waals surface area contributed by atoms with Gasteiger partial charge in [-0.1, -0.05) is 6.07 Å². The summed E-state index contributed by atoms with van der Waals surface area (Å²) in [5, 5.41) is 11.2. The Balaban J connectivity index is 1.32. The summed E-state index contributed by atoms with van der Waals surface area (Å²) < 4.78 is 17.1. The molecule has 1 atom stereocenters. The molecule has 1 aromatic heterocycles. The van der Waals surface area contributed by atoms with Crippen LogP contribution in [0.25, 0.3) is 0 Å². The molecule has 3 heterocycles. The Kier molecular flexibility index (Phi) is 4.94. The Bertz CT molecular complexity index is 698. The lowest BCUT2D eigenvalue weighted by Crippen LogP contribution is -2.44. The largest absolute Gasteiger partial charge is 0.486 e. The van der Waals surface area contributed by atoms with E-state index in [0.717, 1.165) is 50.1 Å². The van der Waals surface area contributed by atoms with Gasteiger partial charge in [-0.3, -0.25) is 4.90 Å². The maximum absolute atomic E-state index is 5.86. The number of aromatic nitrogens is 2. The van der Waals surface area contributed by atoms with Crippen LogP contribution in [0.2, 0.25) is 0 Å². The molecule has 2 aromatic rings. The summed E-state index contributed by atoms with van der Waals surface area (Å²) in [5.41, 5.74) is 1.23. The van der Waals surface area contributed by atoms with Crippen molar-refractivity contribution in [3.63, 3.8) is 0 Å². The second-order valence-electron chi connectivity index (χ2n) is 6.20. The topological polar surface area (TPSA) is 68.7 Å². The van der Waals surface area contributed by atoms with Crippen molar-refractivity contribution in [2.75, 3.05) is 44.8 Å². The standard InChI is InChI=1S/C18H22N4O3/c1-2-18(21-20-5-1)19-11-15-13-22(6-7-23-15)12-14-3-4-16-17(10-14)25-9-8-24-16/h1-5,10,15H,6-9,11-13H2,(H,19,21). The molecule has 1 N–H and O–H groups in total. The first kappa shape index (κ1) is 16.1. The molecule has 1 fully saturated rings. The maximum atomic E-state index is 5.86. The third kappa shape index (κ3) is 4.18. The van der Waals surface area contributed by atoms with Crippen molar-refractivity contribution in [2.45, 2.75) is 12.6 Å². The number of hydrogen-bond donors (Lipinski definition) is 1. The van der Waals surface area contributed by atoms with Gasteiger partial charge in [0.1, 0.15) is 19.0 Å². The van der Waals surface area contributed by atoms with E-state index in [4.69, 9.17) is 14.2 Å². The summed E-state index contributed by atoms with van der Waals surface area (Å²) in [6.45, 7) is 5.37. The fourth-order valence-corrected chi connectivity index (χ4v) is 3.11. The van der Waals surface area contributed by atoms with Gasteiger partial charge in [0, 0.05) is 32.4 Å². The van der Waals surface area contributed by atoms with E-state index in [9.17, 15) is 0 Å². The summed E-state index contributed by atoms with van der Waals surface area (Å²) >= 11 is 0. The average Bonchev–Trinajstić information content (AvgIpc) is 2.67. The van der Waals surface area contributed by atoms with Crippen LogP contribution in [0, 0.1) is 0 Å². The summed E-state index contributed by atoms with van der Waals surface area (Å²) in [7, 11) is 0. The number of nitrogens with one attached hydrogen (secondary N) is 1. The van der Waals surface area contributed by atoms with Gasteiger partial charge in [-0.2, -0.15) is 5.10 Å². The van der Waals surface area contributed by atoms with Gasteiger partial charge in [0.05, 0.1) is 12.7 Å². The third-order valence-corrected chi connectivity index (χ3v) is 4.32. The van der Waals surface area contributed by atoms with E-state index in [1.165, 1.54) is 5.56 Å². The van der Waals surface area contributed by atoms with Crippen molar-refractivity contribution in [3.05, 3.63) is 42.1 Å². The van der Waals surface area contributed by atoms with Crippen LogP contribution >= 0.6 is 0 Å². The highest BCUT2D eigenvalue weighted by Crippen LogP contribution is 2.31. The summed E-state index contributed by atoms with van der Waals surface area (Å²) in [6, 6.07) is 9.96. The number of fused-ring (bicyclic) bond motifs is 1. The zero-order valence-electron chi connectivity index (χ0n) is 14.1. The fourth-order valence-electron chi connectivity index (χ4n) is 3.11. The van der Waals surface area contributed by atoms with Crippen molar-refractivity contribution in [1.82, 2.24) is 15.1 Å². The fraction of sp³-hybridized carbons (Fsp3) is 0.444. The lowest BCUT2D eigenvalue weighted by molar-refractivity contribution is -0.0241. The molecule has 0 aliphatic carbocycles. The van der Waals surface area contributed by atoms with Crippen molar-refractivity contribution in [2.24, 2.45) is 0 Å². The molecule has 1 saturated heterocycles. The van der Waals surface area contributed by atoms with Gasteiger partial charge in [-0.05, 0) is 29.8 Å². The first-order valence-corrected chi connectivity index (χ1v) is 8.61. The molecule has 4 rings (SSSR count). The molecule has 2 aliphatic heterocycles. The lowest BCUT2D eigenvalue weighted by Gasteiger charge is -2.33. The molecule has 0 saturated carbocycles. The molecule has 1 unspecified atom stereocenters. The molecule has 1 aromatic carbocycles. The normalized spacial score (nSPS) is 20.2. The number of anilines is 1. The third-order valence-electron chi connectivity index (χ3n) is 4.32. The van der Waals surface area contributed by atoms with Gasteiger partial charge >= 0.3 is 0 Å². The minimum Gasteiger partial charge on any atom is -0.486 e.